The van der Waals surface area contributed by atoms with Crippen LogP contribution in [0.1, 0.15) is 120 Å². The molecule has 5 aliphatic rings. The predicted octanol–water partition coefficient (Wildman–Crippen LogP) is 7.21. The maximum atomic E-state index is 11.8. The second kappa shape index (κ2) is 7.46. The lowest BCUT2D eigenvalue weighted by Gasteiger charge is -2.69. The number of epoxide rings is 1. The highest BCUT2D eigenvalue weighted by molar-refractivity contribution is 5.90. The van der Waals surface area contributed by atoms with Crippen LogP contribution >= 0.6 is 0 Å². The molecule has 34 heavy (non-hydrogen) atoms. The quantitative estimate of drug-likeness (QED) is 0.257. The minimum Gasteiger partial charge on any atom is -0.411 e. The summed E-state index contributed by atoms with van der Waals surface area (Å²) in [5, 5.41) is 25.3. The Kier molecular flexibility index (Phi) is 5.50. The fraction of sp³-hybridized carbons (Fsp3) is 0.967. The number of hydrogen-bond acceptors (Lipinski definition) is 4. The Hall–Kier alpha value is -0.610. The number of oxime groups is 1. The Labute approximate surface area is 208 Å². The van der Waals surface area contributed by atoms with Crippen molar-refractivity contribution in [2.24, 2.45) is 50.5 Å². The van der Waals surface area contributed by atoms with Gasteiger partial charge < -0.3 is 15.1 Å². The highest BCUT2D eigenvalue weighted by Gasteiger charge is 2.69. The fourth-order valence-electron chi connectivity index (χ4n) is 10.8. The van der Waals surface area contributed by atoms with E-state index in [9.17, 15) is 10.3 Å². The van der Waals surface area contributed by atoms with Crippen molar-refractivity contribution in [3.05, 3.63) is 0 Å². The molecule has 0 spiro atoms. The van der Waals surface area contributed by atoms with Crippen LogP contribution < -0.4 is 0 Å². The minimum absolute atomic E-state index is 0.00820. The molecule has 9 atom stereocenters. The van der Waals surface area contributed by atoms with Crippen LogP contribution in [0.4, 0.5) is 0 Å². The molecule has 194 valence electrons. The van der Waals surface area contributed by atoms with Crippen molar-refractivity contribution < 1.29 is 15.1 Å². The average molecular weight is 474 g/mol. The van der Waals surface area contributed by atoms with Crippen molar-refractivity contribution in [3.8, 4) is 0 Å². The lowest BCUT2D eigenvalue weighted by Crippen LogP contribution is -2.63. The first-order valence-electron chi connectivity index (χ1n) is 14.3. The van der Waals surface area contributed by atoms with Crippen LogP contribution in [0, 0.1) is 45.3 Å². The third kappa shape index (κ3) is 3.25. The lowest BCUT2D eigenvalue weighted by molar-refractivity contribution is -0.195. The standard InChI is InChI=1S/C30H51NO3/c1-25(2)21-12-17-29(7)22(27(21,5)15-13-23(25)31-33)10-9-19-20(11-16-28(19,29)6)30(8,32)18-14-24-26(3,4)34-24/h19-22,24,32-33H,9-18H2,1-8H3/b31-23+/t19-,20+,21+,22-,24?,27+,28-,29-,30+/m1/s1. The van der Waals surface area contributed by atoms with Gasteiger partial charge in [0.25, 0.3) is 0 Å². The van der Waals surface area contributed by atoms with Crippen LogP contribution in [0.2, 0.25) is 0 Å². The third-order valence-corrected chi connectivity index (χ3v) is 13.2. The van der Waals surface area contributed by atoms with Crippen LogP contribution in [0.15, 0.2) is 5.16 Å². The van der Waals surface area contributed by atoms with Crippen molar-refractivity contribution in [2.45, 2.75) is 137 Å². The van der Waals surface area contributed by atoms with Crippen LogP contribution in [-0.4, -0.2) is 33.3 Å². The predicted molar refractivity (Wildman–Crippen MR) is 137 cm³/mol. The molecular formula is C30H51NO3. The molecule has 1 aliphatic heterocycles. The zero-order chi connectivity index (χ0) is 24.9. The molecule has 1 heterocycles. The molecule has 0 amide bonds. The molecule has 5 fully saturated rings. The van der Waals surface area contributed by atoms with E-state index in [1.54, 1.807) is 0 Å². The molecule has 0 aromatic rings. The molecular weight excluding hydrogens is 422 g/mol. The van der Waals surface area contributed by atoms with Gasteiger partial charge in [0.05, 0.1) is 23.0 Å². The molecule has 0 aromatic heterocycles. The molecule has 0 aromatic carbocycles. The van der Waals surface area contributed by atoms with Gasteiger partial charge in [-0.25, -0.2) is 0 Å². The summed E-state index contributed by atoms with van der Waals surface area (Å²) in [6, 6.07) is 0. The maximum Gasteiger partial charge on any atom is 0.0892 e. The lowest BCUT2D eigenvalue weighted by atomic mass is 9.35. The van der Waals surface area contributed by atoms with E-state index in [4.69, 9.17) is 4.74 Å². The number of hydrogen-bond donors (Lipinski definition) is 2. The first-order chi connectivity index (χ1) is 15.6. The third-order valence-electron chi connectivity index (χ3n) is 13.2. The van der Waals surface area contributed by atoms with Crippen LogP contribution in [0.3, 0.4) is 0 Å². The number of aliphatic hydroxyl groups is 1. The van der Waals surface area contributed by atoms with Gasteiger partial charge >= 0.3 is 0 Å². The molecule has 4 saturated carbocycles. The Morgan fingerprint density at radius 1 is 0.912 bits per heavy atom. The summed E-state index contributed by atoms with van der Waals surface area (Å²) in [7, 11) is 0. The molecule has 5 rings (SSSR count). The Morgan fingerprint density at radius 2 is 1.56 bits per heavy atom. The smallest absolute Gasteiger partial charge is 0.0892 e. The van der Waals surface area contributed by atoms with Gasteiger partial charge in [-0.05, 0) is 125 Å². The molecule has 4 nitrogen and oxygen atoms in total. The van der Waals surface area contributed by atoms with Crippen molar-refractivity contribution in [3.63, 3.8) is 0 Å². The maximum absolute atomic E-state index is 11.8. The highest BCUT2D eigenvalue weighted by Crippen LogP contribution is 2.75. The van der Waals surface area contributed by atoms with E-state index in [1.165, 1.54) is 38.5 Å². The van der Waals surface area contributed by atoms with E-state index in [0.717, 1.165) is 31.4 Å². The van der Waals surface area contributed by atoms with E-state index in [-0.39, 0.29) is 11.0 Å². The van der Waals surface area contributed by atoms with Crippen molar-refractivity contribution in [1.29, 1.82) is 0 Å². The second-order valence-electron chi connectivity index (χ2n) is 15.2. The summed E-state index contributed by atoms with van der Waals surface area (Å²) >= 11 is 0. The van der Waals surface area contributed by atoms with E-state index >= 15 is 0 Å². The number of fused-ring (bicyclic) bond motifs is 5. The Balaban J connectivity index is 1.39. The summed E-state index contributed by atoms with van der Waals surface area (Å²) < 4.78 is 5.83. The normalized spacial score (nSPS) is 51.8. The average Bonchev–Trinajstić information content (AvgIpc) is 3.17. The van der Waals surface area contributed by atoms with E-state index in [0.29, 0.717) is 46.0 Å². The summed E-state index contributed by atoms with van der Waals surface area (Å²) in [5.41, 5.74) is 1.30. The molecule has 2 N–H and O–H groups in total. The molecule has 0 bridgehead atoms. The van der Waals surface area contributed by atoms with Gasteiger partial charge in [0.15, 0.2) is 0 Å². The van der Waals surface area contributed by atoms with E-state index in [1.807, 2.05) is 0 Å². The van der Waals surface area contributed by atoms with Crippen LogP contribution in [0.25, 0.3) is 0 Å². The van der Waals surface area contributed by atoms with Gasteiger partial charge in [-0.15, -0.1) is 0 Å². The largest absolute Gasteiger partial charge is 0.411 e. The SMILES string of the molecule is CC1(C)OC1CC[C@](C)(O)[C@H]1CC[C@]2(C)[C@@H]1CC[C@@H]1[C@@]3(C)CC/C(=N\O)C(C)(C)[C@@H]3CC[C@]12C. The highest BCUT2D eigenvalue weighted by atomic mass is 16.6. The van der Waals surface area contributed by atoms with Crippen LogP contribution in [0.5, 0.6) is 0 Å². The van der Waals surface area contributed by atoms with Gasteiger partial charge in [-0.2, -0.15) is 0 Å². The van der Waals surface area contributed by atoms with Gasteiger partial charge in [0.2, 0.25) is 0 Å². The van der Waals surface area contributed by atoms with Crippen molar-refractivity contribution in [2.75, 3.05) is 0 Å². The molecule has 1 saturated heterocycles. The topological polar surface area (TPSA) is 65.3 Å². The van der Waals surface area contributed by atoms with Gasteiger partial charge in [-0.3, -0.25) is 0 Å². The molecule has 4 aliphatic carbocycles. The Morgan fingerprint density at radius 3 is 2.18 bits per heavy atom. The first kappa shape index (κ1) is 25.1. The van der Waals surface area contributed by atoms with Gasteiger partial charge in [-0.1, -0.05) is 39.8 Å². The van der Waals surface area contributed by atoms with Crippen LogP contribution in [-0.2, 0) is 4.74 Å². The fourth-order valence-corrected chi connectivity index (χ4v) is 10.8. The number of ether oxygens (including phenoxy) is 1. The molecule has 1 unspecified atom stereocenters. The molecule has 0 radical (unpaired) electrons. The van der Waals surface area contributed by atoms with E-state index < -0.39 is 5.60 Å². The number of nitrogens with zero attached hydrogens (tertiary/aromatic N) is 1. The summed E-state index contributed by atoms with van der Waals surface area (Å²) in [5.74, 6) is 2.31. The number of rotatable bonds is 4. The van der Waals surface area contributed by atoms with Crippen molar-refractivity contribution >= 4 is 5.71 Å². The minimum atomic E-state index is -0.603. The Bertz CT molecular complexity index is 861. The second-order valence-corrected chi connectivity index (χ2v) is 15.2. The monoisotopic (exact) mass is 473 g/mol. The van der Waals surface area contributed by atoms with Crippen molar-refractivity contribution in [1.82, 2.24) is 0 Å². The zero-order valence-electron chi connectivity index (χ0n) is 23.2. The summed E-state index contributed by atoms with van der Waals surface area (Å²) in [6.45, 7) is 18.9. The van der Waals surface area contributed by atoms with Gasteiger partial charge in [0, 0.05) is 5.41 Å². The summed E-state index contributed by atoms with van der Waals surface area (Å²) in [6.07, 6.45) is 11.7. The zero-order valence-corrected chi connectivity index (χ0v) is 23.2. The van der Waals surface area contributed by atoms with E-state index in [2.05, 4.69) is 60.5 Å². The first-order valence-corrected chi connectivity index (χ1v) is 14.3. The summed E-state index contributed by atoms with van der Waals surface area (Å²) in [4.78, 5) is 0. The van der Waals surface area contributed by atoms with Gasteiger partial charge in [0.1, 0.15) is 0 Å². The molecule has 4 heteroatoms.